The Hall–Kier alpha value is -3.37. The highest BCUT2D eigenvalue weighted by Crippen LogP contribution is 2.34. The van der Waals surface area contributed by atoms with Crippen molar-refractivity contribution >= 4 is 29.3 Å². The second-order valence-electron chi connectivity index (χ2n) is 6.77. The number of nitro benzene ring substituents is 1. The number of likely N-dealkylation sites (tertiary alicyclic amines) is 1. The van der Waals surface area contributed by atoms with E-state index in [2.05, 4.69) is 5.32 Å². The van der Waals surface area contributed by atoms with E-state index in [1.165, 1.54) is 23.1 Å². The molecule has 0 aromatic heterocycles. The van der Waals surface area contributed by atoms with Gasteiger partial charge in [0, 0.05) is 25.2 Å². The number of hydrogen-bond acceptors (Lipinski definition) is 8. The number of carbonyl (C=O) groups excluding carboxylic acids is 3. The quantitative estimate of drug-likeness (QED) is 0.332. The zero-order valence-electron chi connectivity index (χ0n) is 16.0. The Balaban J connectivity index is 1.57. The zero-order valence-corrected chi connectivity index (χ0v) is 16.0. The van der Waals surface area contributed by atoms with Gasteiger partial charge < -0.3 is 24.6 Å². The topological polar surface area (TPSA) is 131 Å². The molecule has 1 N–H and O–H groups in total. The summed E-state index contributed by atoms with van der Waals surface area (Å²) in [7, 11) is 0. The van der Waals surface area contributed by atoms with Gasteiger partial charge >= 0.3 is 12.1 Å². The molecule has 11 heteroatoms. The molecule has 0 spiro atoms. The molecule has 1 saturated heterocycles. The first-order chi connectivity index (χ1) is 13.9. The van der Waals surface area contributed by atoms with Gasteiger partial charge in [-0.1, -0.05) is 0 Å². The summed E-state index contributed by atoms with van der Waals surface area (Å²) in [5, 5.41) is 13.8. The number of benzene rings is 1. The smallest absolute Gasteiger partial charge is 0.409 e. The third-order valence-electron chi connectivity index (χ3n) is 4.76. The van der Waals surface area contributed by atoms with E-state index in [9.17, 15) is 24.5 Å². The number of hydrogen-bond donors (Lipinski definition) is 1. The van der Waals surface area contributed by atoms with Crippen LogP contribution in [0.15, 0.2) is 18.2 Å². The highest BCUT2D eigenvalue weighted by molar-refractivity contribution is 5.89. The van der Waals surface area contributed by atoms with Gasteiger partial charge in [0.2, 0.25) is 5.91 Å². The SMILES string of the molecule is CCOC(=O)N1CCC(NC(=O)CN2CC(=O)Oc3cc([N+](=O)[O-])ccc32)CC1. The molecule has 1 fully saturated rings. The first kappa shape index (κ1) is 20.4. The summed E-state index contributed by atoms with van der Waals surface area (Å²) >= 11 is 0. The van der Waals surface area contributed by atoms with Gasteiger partial charge in [-0.15, -0.1) is 0 Å². The van der Waals surface area contributed by atoms with E-state index in [4.69, 9.17) is 9.47 Å². The van der Waals surface area contributed by atoms with Crippen molar-refractivity contribution in [2.75, 3.05) is 37.7 Å². The lowest BCUT2D eigenvalue weighted by molar-refractivity contribution is -0.384. The van der Waals surface area contributed by atoms with Gasteiger partial charge in [-0.05, 0) is 25.8 Å². The molecular weight excluding hydrogens is 384 g/mol. The Labute approximate surface area is 166 Å². The average molecular weight is 406 g/mol. The van der Waals surface area contributed by atoms with Gasteiger partial charge in [-0.3, -0.25) is 14.9 Å². The first-order valence-electron chi connectivity index (χ1n) is 9.32. The zero-order chi connectivity index (χ0) is 21.0. The third-order valence-corrected chi connectivity index (χ3v) is 4.76. The number of non-ortho nitro benzene ring substituents is 1. The largest absolute Gasteiger partial charge is 0.450 e. The normalized spacial score (nSPS) is 16.7. The summed E-state index contributed by atoms with van der Waals surface area (Å²) in [4.78, 5) is 49.5. The molecule has 1 aromatic rings. The highest BCUT2D eigenvalue weighted by Gasteiger charge is 2.29. The molecule has 2 heterocycles. The number of amides is 2. The number of nitrogens with one attached hydrogen (secondary N) is 1. The number of nitrogens with zero attached hydrogens (tertiary/aromatic N) is 3. The van der Waals surface area contributed by atoms with E-state index in [0.29, 0.717) is 38.2 Å². The lowest BCUT2D eigenvalue weighted by Crippen LogP contribution is -2.50. The second-order valence-corrected chi connectivity index (χ2v) is 6.77. The minimum absolute atomic E-state index is 0.0611. The number of piperidine rings is 1. The molecule has 11 nitrogen and oxygen atoms in total. The van der Waals surface area contributed by atoms with E-state index in [-0.39, 0.29) is 42.6 Å². The molecule has 156 valence electrons. The first-order valence-corrected chi connectivity index (χ1v) is 9.32. The lowest BCUT2D eigenvalue weighted by Gasteiger charge is -2.33. The third kappa shape index (κ3) is 4.92. The predicted molar refractivity (Wildman–Crippen MR) is 101 cm³/mol. The average Bonchev–Trinajstić information content (AvgIpc) is 2.68. The van der Waals surface area contributed by atoms with Gasteiger partial charge in [0.1, 0.15) is 6.54 Å². The summed E-state index contributed by atoms with van der Waals surface area (Å²) in [6.07, 6.45) is 0.861. The Bertz CT molecular complexity index is 820. The summed E-state index contributed by atoms with van der Waals surface area (Å²) < 4.78 is 10.0. The van der Waals surface area contributed by atoms with Crippen molar-refractivity contribution in [3.05, 3.63) is 28.3 Å². The Morgan fingerprint density at radius 1 is 1.34 bits per heavy atom. The molecular formula is C18H22N4O7. The molecule has 0 unspecified atom stereocenters. The van der Waals surface area contributed by atoms with Crippen LogP contribution in [0.25, 0.3) is 0 Å². The molecule has 0 bridgehead atoms. The number of rotatable bonds is 5. The molecule has 1 aromatic carbocycles. The van der Waals surface area contributed by atoms with Crippen LogP contribution in [0.4, 0.5) is 16.2 Å². The van der Waals surface area contributed by atoms with Crippen LogP contribution in [0, 0.1) is 10.1 Å². The van der Waals surface area contributed by atoms with E-state index in [1.807, 2.05) is 0 Å². The van der Waals surface area contributed by atoms with E-state index in [1.54, 1.807) is 11.8 Å². The summed E-state index contributed by atoms with van der Waals surface area (Å²) in [6.45, 7) is 2.84. The van der Waals surface area contributed by atoms with Crippen LogP contribution in [0.3, 0.4) is 0 Å². The molecule has 2 aliphatic heterocycles. The van der Waals surface area contributed by atoms with E-state index < -0.39 is 10.9 Å². The van der Waals surface area contributed by atoms with Crippen LogP contribution < -0.4 is 15.0 Å². The Kier molecular flexibility index (Phi) is 6.15. The van der Waals surface area contributed by atoms with Crippen LogP contribution in [-0.2, 0) is 14.3 Å². The molecule has 0 saturated carbocycles. The van der Waals surface area contributed by atoms with Crippen molar-refractivity contribution in [3.8, 4) is 5.75 Å². The highest BCUT2D eigenvalue weighted by atomic mass is 16.6. The maximum Gasteiger partial charge on any atom is 0.409 e. The van der Waals surface area contributed by atoms with Crippen LogP contribution in [0.1, 0.15) is 19.8 Å². The van der Waals surface area contributed by atoms with Gasteiger partial charge in [0.15, 0.2) is 5.75 Å². The maximum absolute atomic E-state index is 12.5. The second kappa shape index (κ2) is 8.76. The molecule has 2 amide bonds. The maximum atomic E-state index is 12.5. The van der Waals surface area contributed by atoms with Crippen molar-refractivity contribution < 1.29 is 28.8 Å². The molecule has 0 aliphatic carbocycles. The van der Waals surface area contributed by atoms with Crippen LogP contribution >= 0.6 is 0 Å². The Morgan fingerprint density at radius 2 is 2.07 bits per heavy atom. The minimum Gasteiger partial charge on any atom is -0.450 e. The summed E-state index contributed by atoms with van der Waals surface area (Å²) in [5.74, 6) is -0.807. The number of anilines is 1. The molecule has 2 aliphatic rings. The predicted octanol–water partition coefficient (Wildman–Crippen LogP) is 1.06. The summed E-state index contributed by atoms with van der Waals surface area (Å²) in [5.41, 5.74) is 0.249. The van der Waals surface area contributed by atoms with Crippen molar-refractivity contribution in [2.24, 2.45) is 0 Å². The Morgan fingerprint density at radius 3 is 2.72 bits per heavy atom. The van der Waals surface area contributed by atoms with Crippen molar-refractivity contribution in [3.63, 3.8) is 0 Å². The standard InChI is InChI=1S/C18H22N4O7/c1-2-28-18(25)20-7-5-12(6-8-20)19-16(23)10-21-11-17(24)29-15-9-13(22(26)27)3-4-14(15)21/h3-4,9,12H,2,5-8,10-11H2,1H3,(H,19,23). The van der Waals surface area contributed by atoms with Crippen LogP contribution in [-0.4, -0.2) is 66.6 Å². The monoisotopic (exact) mass is 406 g/mol. The van der Waals surface area contributed by atoms with Crippen LogP contribution in [0.5, 0.6) is 5.75 Å². The number of carbonyl (C=O) groups is 3. The number of esters is 1. The fraction of sp³-hybridized carbons (Fsp3) is 0.500. The number of fused-ring (bicyclic) bond motifs is 1. The lowest BCUT2D eigenvalue weighted by atomic mass is 10.1. The van der Waals surface area contributed by atoms with Gasteiger partial charge in [-0.25, -0.2) is 9.59 Å². The molecule has 0 radical (unpaired) electrons. The van der Waals surface area contributed by atoms with E-state index >= 15 is 0 Å². The fourth-order valence-electron chi connectivity index (χ4n) is 3.36. The minimum atomic E-state index is -0.589. The van der Waals surface area contributed by atoms with Gasteiger partial charge in [0.25, 0.3) is 5.69 Å². The van der Waals surface area contributed by atoms with Crippen molar-refractivity contribution in [1.82, 2.24) is 10.2 Å². The van der Waals surface area contributed by atoms with Crippen molar-refractivity contribution in [2.45, 2.75) is 25.8 Å². The molecule has 3 rings (SSSR count). The van der Waals surface area contributed by atoms with E-state index in [0.717, 1.165) is 0 Å². The van der Waals surface area contributed by atoms with Crippen molar-refractivity contribution in [1.29, 1.82) is 0 Å². The van der Waals surface area contributed by atoms with Gasteiger partial charge in [-0.2, -0.15) is 0 Å². The number of ether oxygens (including phenoxy) is 2. The number of nitro groups is 1. The molecule has 0 atom stereocenters. The van der Waals surface area contributed by atoms with Crippen LogP contribution in [0.2, 0.25) is 0 Å². The fourth-order valence-corrected chi connectivity index (χ4v) is 3.36. The summed E-state index contributed by atoms with van der Waals surface area (Å²) in [6, 6.07) is 3.85. The van der Waals surface area contributed by atoms with Gasteiger partial charge in [0.05, 0.1) is 29.8 Å². The molecule has 29 heavy (non-hydrogen) atoms.